The van der Waals surface area contributed by atoms with Crippen molar-refractivity contribution in [3.05, 3.63) is 88.7 Å². The summed E-state index contributed by atoms with van der Waals surface area (Å²) >= 11 is 1.37. The van der Waals surface area contributed by atoms with Crippen LogP contribution in [0, 0.1) is 0 Å². The van der Waals surface area contributed by atoms with E-state index in [1.807, 2.05) is 42.1 Å². The Labute approximate surface area is 252 Å². The van der Waals surface area contributed by atoms with Gasteiger partial charge in [0, 0.05) is 61.1 Å². The molecule has 4 heterocycles. The molecule has 0 radical (unpaired) electrons. The van der Waals surface area contributed by atoms with Crippen molar-refractivity contribution in [1.82, 2.24) is 30.2 Å². The van der Waals surface area contributed by atoms with E-state index in [4.69, 9.17) is 5.73 Å². The number of nitrogens with one attached hydrogen (secondary N) is 2. The molecule has 12 heteroatoms. The van der Waals surface area contributed by atoms with E-state index in [-0.39, 0.29) is 18.0 Å². The first-order valence-electron chi connectivity index (χ1n) is 13.7. The van der Waals surface area contributed by atoms with E-state index < -0.39 is 23.0 Å². The van der Waals surface area contributed by atoms with Crippen molar-refractivity contribution < 1.29 is 19.5 Å². The molecule has 0 saturated carbocycles. The van der Waals surface area contributed by atoms with Crippen molar-refractivity contribution in [3.8, 4) is 10.6 Å². The predicted octanol–water partition coefficient (Wildman–Crippen LogP) is 3.06. The van der Waals surface area contributed by atoms with Crippen LogP contribution in [0.15, 0.2) is 60.8 Å². The van der Waals surface area contributed by atoms with Gasteiger partial charge in [-0.15, -0.1) is 11.3 Å². The smallest absolute Gasteiger partial charge is 0.271 e. The number of aliphatic hydroxyl groups is 1. The maximum absolute atomic E-state index is 13.6. The molecule has 1 aliphatic rings. The average Bonchev–Trinajstić information content (AvgIpc) is 3.61. The van der Waals surface area contributed by atoms with Gasteiger partial charge in [-0.2, -0.15) is 0 Å². The van der Waals surface area contributed by atoms with Crippen molar-refractivity contribution in [1.29, 1.82) is 0 Å². The average molecular weight is 600 g/mol. The van der Waals surface area contributed by atoms with Gasteiger partial charge in [0.25, 0.3) is 11.8 Å². The molecule has 0 fully saturated rings. The highest BCUT2D eigenvalue weighted by molar-refractivity contribution is 7.13. The molecule has 4 aromatic rings. The summed E-state index contributed by atoms with van der Waals surface area (Å²) in [7, 11) is 0. The second-order valence-corrected chi connectivity index (χ2v) is 12.3. The number of thiazole rings is 1. The van der Waals surface area contributed by atoms with Gasteiger partial charge in [-0.3, -0.25) is 24.4 Å². The molecule has 5 rings (SSSR count). The third-order valence-electron chi connectivity index (χ3n) is 7.21. The minimum atomic E-state index is -0.892. The first kappa shape index (κ1) is 29.8. The molecule has 0 aromatic carbocycles. The number of pyridine rings is 2. The summed E-state index contributed by atoms with van der Waals surface area (Å²) in [6.45, 7) is 5.81. The number of carbonyl (C=O) groups is 3. The number of aryl methyl sites for hydroxylation is 1. The molecule has 0 saturated heterocycles. The van der Waals surface area contributed by atoms with Gasteiger partial charge < -0.3 is 26.0 Å². The normalized spacial score (nSPS) is 16.2. The molecular formula is C31H33N7O4S. The van der Waals surface area contributed by atoms with E-state index in [0.717, 1.165) is 22.3 Å². The fraction of sp³-hybridized carbons (Fsp3) is 0.290. The van der Waals surface area contributed by atoms with Crippen molar-refractivity contribution >= 4 is 40.7 Å². The summed E-state index contributed by atoms with van der Waals surface area (Å²) < 4.78 is 2.04. The molecule has 3 amide bonds. The molecule has 1 unspecified atom stereocenters. The minimum Gasteiger partial charge on any atom is -0.390 e. The Kier molecular flexibility index (Phi) is 8.25. The number of amides is 3. The zero-order valence-corrected chi connectivity index (χ0v) is 24.9. The van der Waals surface area contributed by atoms with Crippen molar-refractivity contribution in [2.45, 2.75) is 51.3 Å². The molecule has 5 N–H and O–H groups in total. The van der Waals surface area contributed by atoms with E-state index in [1.54, 1.807) is 43.9 Å². The lowest BCUT2D eigenvalue weighted by Gasteiger charge is -2.36. The predicted molar refractivity (Wildman–Crippen MR) is 164 cm³/mol. The number of nitrogens with two attached hydrogens (primary N) is 1. The minimum absolute atomic E-state index is 0.253. The van der Waals surface area contributed by atoms with Gasteiger partial charge in [0.2, 0.25) is 5.91 Å². The van der Waals surface area contributed by atoms with Crippen molar-refractivity contribution in [2.24, 2.45) is 5.73 Å². The van der Waals surface area contributed by atoms with Gasteiger partial charge in [-0.25, -0.2) is 4.98 Å². The van der Waals surface area contributed by atoms with Gasteiger partial charge in [0.05, 0.1) is 23.2 Å². The lowest BCUT2D eigenvalue weighted by Crippen LogP contribution is -2.49. The molecule has 1 atom stereocenters. The maximum atomic E-state index is 13.6. The molecular weight excluding hydrogens is 566 g/mol. The Morgan fingerprint density at radius 3 is 2.60 bits per heavy atom. The van der Waals surface area contributed by atoms with Crippen molar-refractivity contribution in [2.75, 3.05) is 6.54 Å². The molecule has 222 valence electrons. The van der Waals surface area contributed by atoms with Crippen LogP contribution < -0.4 is 16.4 Å². The number of aromatic nitrogens is 4. The fourth-order valence-corrected chi connectivity index (χ4v) is 5.79. The number of hydrogen-bond acceptors (Lipinski definition) is 8. The van der Waals surface area contributed by atoms with E-state index in [0.29, 0.717) is 35.7 Å². The Bertz CT molecular complexity index is 1700. The van der Waals surface area contributed by atoms with E-state index >= 15 is 0 Å². The largest absolute Gasteiger partial charge is 0.390 e. The number of rotatable bonds is 10. The lowest BCUT2D eigenvalue weighted by molar-refractivity contribution is -0.117. The summed E-state index contributed by atoms with van der Waals surface area (Å²) in [6.07, 6.45) is 13.5. The fourth-order valence-electron chi connectivity index (χ4n) is 4.99. The second kappa shape index (κ2) is 11.9. The standard InChI is InChI=1S/C31H33N7O4S/c1-30(2,42)6-9-38-16-22-11-24(20-10-21(14-34-13-20)27(40)35-15-26(32)39)31(3,12-23(22)17-38)37-28(41)25-18-43-29(36-25)19-4-7-33-8-5-19/h4-5,7-8,10-11,13-14,16-18,42H,6,9,12,15H2,1-3H3,(H2,32,39)(H,35,40)(H,37,41). The lowest BCUT2D eigenvalue weighted by atomic mass is 9.76. The van der Waals surface area contributed by atoms with Crippen LogP contribution in [0.1, 0.15) is 64.7 Å². The van der Waals surface area contributed by atoms with Gasteiger partial charge in [-0.1, -0.05) is 0 Å². The number of fused-ring (bicyclic) bond motifs is 1. The van der Waals surface area contributed by atoms with Crippen LogP contribution in [-0.4, -0.2) is 60.0 Å². The molecule has 1 aliphatic carbocycles. The van der Waals surface area contributed by atoms with Crippen molar-refractivity contribution in [3.63, 3.8) is 0 Å². The van der Waals surface area contributed by atoms with Crippen LogP contribution >= 0.6 is 11.3 Å². The van der Waals surface area contributed by atoms with Crippen LogP contribution in [0.2, 0.25) is 0 Å². The van der Waals surface area contributed by atoms with Crippen LogP contribution in [-0.2, 0) is 17.8 Å². The Morgan fingerprint density at radius 2 is 1.88 bits per heavy atom. The van der Waals surface area contributed by atoms with Gasteiger partial charge >= 0.3 is 0 Å². The second-order valence-electron chi connectivity index (χ2n) is 11.4. The van der Waals surface area contributed by atoms with E-state index in [1.165, 1.54) is 17.5 Å². The first-order valence-corrected chi connectivity index (χ1v) is 14.6. The summed E-state index contributed by atoms with van der Waals surface area (Å²) in [6, 6.07) is 5.36. The van der Waals surface area contributed by atoms with Gasteiger partial charge in [0.15, 0.2) is 0 Å². The molecule has 0 aliphatic heterocycles. The third-order valence-corrected chi connectivity index (χ3v) is 8.10. The summed E-state index contributed by atoms with van der Waals surface area (Å²) in [5, 5.41) is 18.4. The van der Waals surface area contributed by atoms with E-state index in [9.17, 15) is 19.5 Å². The molecule has 0 spiro atoms. The highest BCUT2D eigenvalue weighted by Crippen LogP contribution is 2.39. The zero-order chi connectivity index (χ0) is 30.8. The van der Waals surface area contributed by atoms with Crippen LogP contribution in [0.4, 0.5) is 0 Å². The number of carbonyl (C=O) groups excluding carboxylic acids is 3. The van der Waals surface area contributed by atoms with Crippen LogP contribution in [0.5, 0.6) is 0 Å². The van der Waals surface area contributed by atoms with Gasteiger partial charge in [0.1, 0.15) is 10.7 Å². The SMILES string of the molecule is CC(C)(O)CCn1cc2c(c1)CC(C)(NC(=O)c1csc(-c3ccncc3)n1)C(c1cncc(C(=O)NCC(N)=O)c1)=C2. The highest BCUT2D eigenvalue weighted by Gasteiger charge is 2.37. The monoisotopic (exact) mass is 599 g/mol. The van der Waals surface area contributed by atoms with Gasteiger partial charge in [-0.05, 0) is 73.7 Å². The molecule has 0 bridgehead atoms. The maximum Gasteiger partial charge on any atom is 0.271 e. The van der Waals surface area contributed by atoms with Crippen LogP contribution in [0.25, 0.3) is 22.2 Å². The van der Waals surface area contributed by atoms with Crippen LogP contribution in [0.3, 0.4) is 0 Å². The molecule has 11 nitrogen and oxygen atoms in total. The number of nitrogens with zero attached hydrogens (tertiary/aromatic N) is 4. The molecule has 4 aromatic heterocycles. The summed E-state index contributed by atoms with van der Waals surface area (Å²) in [4.78, 5) is 50.4. The third kappa shape index (κ3) is 7.04. The Morgan fingerprint density at radius 1 is 1.12 bits per heavy atom. The summed E-state index contributed by atoms with van der Waals surface area (Å²) in [5.41, 5.74) is 8.30. The first-order chi connectivity index (χ1) is 20.4. The highest BCUT2D eigenvalue weighted by atomic mass is 32.1. The summed E-state index contributed by atoms with van der Waals surface area (Å²) in [5.74, 6) is -1.48. The quantitative estimate of drug-likeness (QED) is 0.217. The zero-order valence-electron chi connectivity index (χ0n) is 24.1. The number of hydrogen-bond donors (Lipinski definition) is 4. The Balaban J connectivity index is 1.48. The topological polar surface area (TPSA) is 165 Å². The molecule has 43 heavy (non-hydrogen) atoms. The number of primary amides is 1. The Hall–Kier alpha value is -4.68. The van der Waals surface area contributed by atoms with E-state index in [2.05, 4.69) is 25.6 Å².